The number of allylic oxidation sites excluding steroid dienone is 1. The van der Waals surface area contributed by atoms with Gasteiger partial charge in [-0.25, -0.2) is 0 Å². The van der Waals surface area contributed by atoms with E-state index in [0.717, 1.165) is 18.4 Å². The molecule has 0 amide bonds. The van der Waals surface area contributed by atoms with Crippen LogP contribution in [0, 0.1) is 5.92 Å². The zero-order valence-electron chi connectivity index (χ0n) is 9.25. The predicted molar refractivity (Wildman–Crippen MR) is 55.9 cm³/mol. The molecular formula is C11H20O3. The first-order valence-corrected chi connectivity index (χ1v) is 5.07. The number of hydrogen-bond donors (Lipinski definition) is 1. The number of aliphatic hydroxyl groups excluding tert-OH is 1. The second kappa shape index (κ2) is 7.56. The van der Waals surface area contributed by atoms with E-state index in [4.69, 9.17) is 9.84 Å². The van der Waals surface area contributed by atoms with Crippen LogP contribution in [0.1, 0.15) is 33.6 Å². The Hall–Kier alpha value is -0.830. The van der Waals surface area contributed by atoms with Crippen molar-refractivity contribution < 1.29 is 14.6 Å². The molecule has 0 radical (unpaired) electrons. The highest BCUT2D eigenvalue weighted by Crippen LogP contribution is 2.12. The smallest absolute Gasteiger partial charge is 0.312 e. The van der Waals surface area contributed by atoms with Crippen molar-refractivity contribution >= 4 is 5.97 Å². The lowest BCUT2D eigenvalue weighted by molar-refractivity contribution is -0.147. The summed E-state index contributed by atoms with van der Waals surface area (Å²) >= 11 is 0. The van der Waals surface area contributed by atoms with E-state index in [1.54, 1.807) is 0 Å². The molecule has 0 saturated heterocycles. The summed E-state index contributed by atoms with van der Waals surface area (Å²) in [4.78, 5) is 11.3. The van der Waals surface area contributed by atoms with Crippen LogP contribution in [0.3, 0.4) is 0 Å². The zero-order chi connectivity index (χ0) is 11.0. The van der Waals surface area contributed by atoms with E-state index >= 15 is 0 Å². The lowest BCUT2D eigenvalue weighted by atomic mass is 10.0. The first-order chi connectivity index (χ1) is 6.63. The molecule has 0 spiro atoms. The Morgan fingerprint density at radius 3 is 2.71 bits per heavy atom. The molecule has 82 valence electrons. The fraction of sp³-hybridized carbons (Fsp3) is 0.727. The molecule has 0 aromatic carbocycles. The van der Waals surface area contributed by atoms with Gasteiger partial charge in [0.25, 0.3) is 0 Å². The van der Waals surface area contributed by atoms with Crippen LogP contribution in [0.2, 0.25) is 0 Å². The molecule has 0 aromatic rings. The second-order valence-corrected chi connectivity index (χ2v) is 3.35. The Labute approximate surface area is 85.8 Å². The number of carbonyl (C=O) groups excluding carboxylic acids is 1. The first kappa shape index (κ1) is 13.2. The topological polar surface area (TPSA) is 46.5 Å². The number of hydrogen-bond acceptors (Lipinski definition) is 3. The van der Waals surface area contributed by atoms with Crippen molar-refractivity contribution in [2.75, 3.05) is 13.2 Å². The summed E-state index contributed by atoms with van der Waals surface area (Å²) in [7, 11) is 0. The highest BCUT2D eigenvalue weighted by Gasteiger charge is 2.15. The van der Waals surface area contributed by atoms with Gasteiger partial charge in [0, 0.05) is 0 Å². The van der Waals surface area contributed by atoms with Crippen molar-refractivity contribution in [3.8, 4) is 0 Å². The van der Waals surface area contributed by atoms with Crippen LogP contribution >= 0.6 is 0 Å². The molecule has 0 saturated carbocycles. The Bertz CT molecular complexity index is 197. The van der Waals surface area contributed by atoms with Gasteiger partial charge in [-0.3, -0.25) is 4.79 Å². The molecule has 0 bridgehead atoms. The Balaban J connectivity index is 4.03. The molecule has 0 fully saturated rings. The molecule has 14 heavy (non-hydrogen) atoms. The van der Waals surface area contributed by atoms with Crippen LogP contribution < -0.4 is 0 Å². The monoisotopic (exact) mass is 200 g/mol. The molecule has 3 nitrogen and oxygen atoms in total. The summed E-state index contributed by atoms with van der Waals surface area (Å²) in [6.07, 6.45) is 4.13. The second-order valence-electron chi connectivity index (χ2n) is 3.35. The molecule has 3 heteroatoms. The van der Waals surface area contributed by atoms with Crippen molar-refractivity contribution in [3.63, 3.8) is 0 Å². The Morgan fingerprint density at radius 1 is 1.57 bits per heavy atom. The largest absolute Gasteiger partial charge is 0.463 e. The summed E-state index contributed by atoms with van der Waals surface area (Å²) in [6.45, 7) is 5.82. The number of esters is 1. The normalized spacial score (nSPS) is 13.9. The number of carbonyl (C=O) groups is 1. The van der Waals surface area contributed by atoms with Gasteiger partial charge in [-0.05, 0) is 20.3 Å². The van der Waals surface area contributed by atoms with E-state index in [-0.39, 0.29) is 25.1 Å². The van der Waals surface area contributed by atoms with E-state index in [0.29, 0.717) is 0 Å². The van der Waals surface area contributed by atoms with Gasteiger partial charge in [0.15, 0.2) is 0 Å². The van der Waals surface area contributed by atoms with Gasteiger partial charge in [-0.2, -0.15) is 0 Å². The van der Waals surface area contributed by atoms with E-state index in [9.17, 15) is 4.79 Å². The standard InChI is InChI=1S/C11H20O3/c1-4-5-6-9(2)10(3)11(13)14-8-7-12/h6,10,12H,4-5,7-8H2,1-3H3. The van der Waals surface area contributed by atoms with Gasteiger partial charge in [0.2, 0.25) is 0 Å². The van der Waals surface area contributed by atoms with Crippen LogP contribution in [0.25, 0.3) is 0 Å². The lowest BCUT2D eigenvalue weighted by Crippen LogP contribution is -2.17. The van der Waals surface area contributed by atoms with Crippen LogP contribution in [-0.4, -0.2) is 24.3 Å². The molecule has 0 aliphatic rings. The Kier molecular flexibility index (Phi) is 7.11. The van der Waals surface area contributed by atoms with Gasteiger partial charge in [-0.15, -0.1) is 0 Å². The molecular weight excluding hydrogens is 180 g/mol. The Morgan fingerprint density at radius 2 is 2.21 bits per heavy atom. The quantitative estimate of drug-likeness (QED) is 0.526. The highest BCUT2D eigenvalue weighted by atomic mass is 16.5. The fourth-order valence-corrected chi connectivity index (χ4v) is 1.01. The van der Waals surface area contributed by atoms with Crippen LogP contribution in [0.4, 0.5) is 0 Å². The van der Waals surface area contributed by atoms with E-state index in [1.165, 1.54) is 0 Å². The molecule has 1 atom stereocenters. The molecule has 0 rings (SSSR count). The van der Waals surface area contributed by atoms with E-state index in [1.807, 2.05) is 13.8 Å². The summed E-state index contributed by atoms with van der Waals surface area (Å²) in [6, 6.07) is 0. The number of aliphatic hydroxyl groups is 1. The van der Waals surface area contributed by atoms with Crippen LogP contribution in [-0.2, 0) is 9.53 Å². The summed E-state index contributed by atoms with van der Waals surface area (Å²) in [5, 5.41) is 8.49. The summed E-state index contributed by atoms with van der Waals surface area (Å²) in [5.74, 6) is -0.461. The van der Waals surface area contributed by atoms with Gasteiger partial charge in [0.05, 0.1) is 12.5 Å². The maximum Gasteiger partial charge on any atom is 0.312 e. The molecule has 0 aliphatic heterocycles. The van der Waals surface area contributed by atoms with Crippen molar-refractivity contribution in [1.29, 1.82) is 0 Å². The van der Waals surface area contributed by atoms with Gasteiger partial charge >= 0.3 is 5.97 Å². The lowest BCUT2D eigenvalue weighted by Gasteiger charge is -2.11. The zero-order valence-corrected chi connectivity index (χ0v) is 9.25. The van der Waals surface area contributed by atoms with Crippen molar-refractivity contribution in [2.24, 2.45) is 5.92 Å². The first-order valence-electron chi connectivity index (χ1n) is 5.07. The minimum Gasteiger partial charge on any atom is -0.463 e. The van der Waals surface area contributed by atoms with Gasteiger partial charge in [-0.1, -0.05) is 25.0 Å². The maximum absolute atomic E-state index is 11.3. The van der Waals surface area contributed by atoms with Crippen LogP contribution in [0.5, 0.6) is 0 Å². The molecule has 0 heterocycles. The van der Waals surface area contributed by atoms with Crippen molar-refractivity contribution in [2.45, 2.75) is 33.6 Å². The molecule has 1 unspecified atom stereocenters. The third kappa shape index (κ3) is 5.02. The van der Waals surface area contributed by atoms with Gasteiger partial charge in [0.1, 0.15) is 6.61 Å². The van der Waals surface area contributed by atoms with E-state index < -0.39 is 0 Å². The predicted octanol–water partition coefficient (Wildman–Crippen LogP) is 1.90. The third-order valence-electron chi connectivity index (χ3n) is 2.13. The summed E-state index contributed by atoms with van der Waals surface area (Å²) in [5.41, 5.74) is 1.04. The molecule has 0 aromatic heterocycles. The molecule has 1 N–H and O–H groups in total. The average molecular weight is 200 g/mol. The maximum atomic E-state index is 11.3. The van der Waals surface area contributed by atoms with E-state index in [2.05, 4.69) is 13.0 Å². The van der Waals surface area contributed by atoms with Gasteiger partial charge < -0.3 is 9.84 Å². The minimum absolute atomic E-state index is 0.0875. The SMILES string of the molecule is CCCC=C(C)C(C)C(=O)OCCO. The number of unbranched alkanes of at least 4 members (excludes halogenated alkanes) is 1. The van der Waals surface area contributed by atoms with Crippen LogP contribution in [0.15, 0.2) is 11.6 Å². The number of rotatable bonds is 6. The average Bonchev–Trinajstić information content (AvgIpc) is 2.21. The van der Waals surface area contributed by atoms with Crippen molar-refractivity contribution in [1.82, 2.24) is 0 Å². The third-order valence-corrected chi connectivity index (χ3v) is 2.13. The number of ether oxygens (including phenoxy) is 1. The molecule has 0 aliphatic carbocycles. The minimum atomic E-state index is -0.260. The highest BCUT2D eigenvalue weighted by molar-refractivity contribution is 5.75. The fourth-order valence-electron chi connectivity index (χ4n) is 1.01. The summed E-state index contributed by atoms with van der Waals surface area (Å²) < 4.78 is 4.82. The van der Waals surface area contributed by atoms with Crippen molar-refractivity contribution in [3.05, 3.63) is 11.6 Å².